The van der Waals surface area contributed by atoms with Crippen LogP contribution >= 0.6 is 0 Å². The Labute approximate surface area is 202 Å². The molecule has 3 aromatic carbocycles. The Morgan fingerprint density at radius 1 is 0.444 bits per heavy atom. The minimum absolute atomic E-state index is 0.281. The fourth-order valence-corrected chi connectivity index (χ4v) is 3.79. The molecule has 0 aliphatic rings. The molecule has 4 aromatic heterocycles. The molecular weight excluding hydrogens is 456 g/mol. The van der Waals surface area contributed by atoms with Gasteiger partial charge < -0.3 is 8.83 Å². The SMILES string of the molecule is c1cc(-c2nnc(-c3cnc4ccccc4n3)o2)cc(-c2nnc(-c3cnc4ccccc4n3)o2)c1. The average Bonchev–Trinajstić information content (AvgIpc) is 3.64. The van der Waals surface area contributed by atoms with Crippen LogP contribution in [0.1, 0.15) is 0 Å². The first kappa shape index (κ1) is 20.0. The normalized spacial score (nSPS) is 11.3. The third-order valence-electron chi connectivity index (χ3n) is 5.54. The molecule has 0 fully saturated rings. The van der Waals surface area contributed by atoms with Crippen LogP contribution in [-0.2, 0) is 0 Å². The lowest BCUT2D eigenvalue weighted by Gasteiger charge is -1.99. The van der Waals surface area contributed by atoms with Crippen LogP contribution in [-0.4, -0.2) is 40.3 Å². The lowest BCUT2D eigenvalue weighted by atomic mass is 10.1. The number of para-hydroxylation sites is 4. The first-order valence-corrected chi connectivity index (χ1v) is 11.0. The minimum atomic E-state index is 0.281. The standard InChI is InChI=1S/C26H14N8O2/c1-3-10-19-17(8-1)27-13-21(29-19)25-33-31-23(35-25)15-6-5-7-16(12-15)24-32-34-26(36-24)22-14-28-18-9-2-4-11-20(18)30-22/h1-14H. The van der Waals surface area contributed by atoms with E-state index in [1.54, 1.807) is 12.4 Å². The van der Waals surface area contributed by atoms with Gasteiger partial charge >= 0.3 is 0 Å². The van der Waals surface area contributed by atoms with Crippen LogP contribution in [0.15, 0.2) is 94.0 Å². The quantitative estimate of drug-likeness (QED) is 0.346. The highest BCUT2D eigenvalue weighted by Gasteiger charge is 2.16. The monoisotopic (exact) mass is 470 g/mol. The predicted molar refractivity (Wildman–Crippen MR) is 130 cm³/mol. The van der Waals surface area contributed by atoms with E-state index in [9.17, 15) is 0 Å². The summed E-state index contributed by atoms with van der Waals surface area (Å²) in [6, 6.07) is 22.6. The average molecular weight is 470 g/mol. The van der Waals surface area contributed by atoms with Gasteiger partial charge in [-0.25, -0.2) is 9.97 Å². The van der Waals surface area contributed by atoms with Crippen molar-refractivity contribution in [1.82, 2.24) is 40.3 Å². The number of benzene rings is 3. The summed E-state index contributed by atoms with van der Waals surface area (Å²) < 4.78 is 11.8. The van der Waals surface area contributed by atoms with E-state index in [0.717, 1.165) is 22.1 Å². The maximum Gasteiger partial charge on any atom is 0.268 e. The smallest absolute Gasteiger partial charge is 0.268 e. The van der Waals surface area contributed by atoms with Gasteiger partial charge in [-0.2, -0.15) is 0 Å². The molecule has 0 N–H and O–H groups in total. The van der Waals surface area contributed by atoms with Crippen molar-refractivity contribution in [3.63, 3.8) is 0 Å². The van der Waals surface area contributed by atoms with Crippen molar-refractivity contribution in [2.45, 2.75) is 0 Å². The number of rotatable bonds is 4. The van der Waals surface area contributed by atoms with Crippen LogP contribution in [0.25, 0.3) is 68.1 Å². The van der Waals surface area contributed by atoms with E-state index in [1.807, 2.05) is 72.8 Å². The molecule has 0 saturated heterocycles. The van der Waals surface area contributed by atoms with Gasteiger partial charge in [-0.05, 0) is 42.5 Å². The van der Waals surface area contributed by atoms with E-state index in [-0.39, 0.29) is 11.8 Å². The van der Waals surface area contributed by atoms with Crippen molar-refractivity contribution in [3.05, 3.63) is 85.2 Å². The Kier molecular flexibility index (Phi) is 4.53. The third-order valence-corrected chi connectivity index (χ3v) is 5.54. The topological polar surface area (TPSA) is 129 Å². The zero-order chi connectivity index (χ0) is 23.9. The Hall–Kier alpha value is -5.38. The molecule has 0 bridgehead atoms. The highest BCUT2D eigenvalue weighted by Crippen LogP contribution is 2.29. The molecule has 170 valence electrons. The van der Waals surface area contributed by atoms with E-state index in [2.05, 4.69) is 40.3 Å². The molecule has 0 atom stereocenters. The highest BCUT2D eigenvalue weighted by atomic mass is 16.4. The van der Waals surface area contributed by atoms with Gasteiger partial charge in [-0.1, -0.05) is 30.3 Å². The zero-order valence-electron chi connectivity index (χ0n) is 18.5. The summed E-state index contributed by atoms with van der Waals surface area (Å²) in [5, 5.41) is 16.7. The molecule has 0 aliphatic heterocycles. The van der Waals surface area contributed by atoms with Crippen LogP contribution < -0.4 is 0 Å². The summed E-state index contributed by atoms with van der Waals surface area (Å²) in [7, 11) is 0. The molecule has 0 spiro atoms. The number of hydrogen-bond acceptors (Lipinski definition) is 10. The summed E-state index contributed by atoms with van der Waals surface area (Å²) in [5.74, 6) is 1.23. The van der Waals surface area contributed by atoms with Gasteiger partial charge in [0.2, 0.25) is 11.8 Å². The summed E-state index contributed by atoms with van der Waals surface area (Å²) >= 11 is 0. The van der Waals surface area contributed by atoms with E-state index in [0.29, 0.717) is 34.3 Å². The first-order chi connectivity index (χ1) is 17.8. The second kappa shape index (κ2) is 8.13. The second-order valence-corrected chi connectivity index (χ2v) is 7.89. The predicted octanol–water partition coefficient (Wildman–Crippen LogP) is 5.01. The maximum atomic E-state index is 5.90. The highest BCUT2D eigenvalue weighted by molar-refractivity contribution is 5.76. The van der Waals surface area contributed by atoms with E-state index in [4.69, 9.17) is 8.83 Å². The van der Waals surface area contributed by atoms with Gasteiger partial charge in [-0.3, -0.25) is 9.97 Å². The lowest BCUT2D eigenvalue weighted by Crippen LogP contribution is -1.88. The molecule has 0 amide bonds. The third kappa shape index (κ3) is 3.53. The molecule has 0 saturated carbocycles. The molecule has 7 aromatic rings. The molecular formula is C26H14N8O2. The van der Waals surface area contributed by atoms with Crippen LogP contribution in [0, 0.1) is 0 Å². The second-order valence-electron chi connectivity index (χ2n) is 7.89. The number of hydrogen-bond donors (Lipinski definition) is 0. The number of aromatic nitrogens is 8. The Morgan fingerprint density at radius 3 is 1.39 bits per heavy atom. The lowest BCUT2D eigenvalue weighted by molar-refractivity contribution is 0.580. The number of nitrogens with zero attached hydrogens (tertiary/aromatic N) is 8. The molecule has 0 radical (unpaired) electrons. The minimum Gasteiger partial charge on any atom is -0.415 e. The van der Waals surface area contributed by atoms with Crippen LogP contribution in [0.3, 0.4) is 0 Å². The maximum absolute atomic E-state index is 5.90. The van der Waals surface area contributed by atoms with Gasteiger partial charge in [-0.15, -0.1) is 20.4 Å². The zero-order valence-corrected chi connectivity index (χ0v) is 18.5. The van der Waals surface area contributed by atoms with Crippen LogP contribution in [0.4, 0.5) is 0 Å². The molecule has 36 heavy (non-hydrogen) atoms. The Morgan fingerprint density at radius 2 is 0.889 bits per heavy atom. The largest absolute Gasteiger partial charge is 0.415 e. The Balaban J connectivity index is 1.19. The fraction of sp³-hybridized carbons (Fsp3) is 0. The van der Waals surface area contributed by atoms with E-state index >= 15 is 0 Å². The van der Waals surface area contributed by atoms with Gasteiger partial charge in [0.1, 0.15) is 11.4 Å². The first-order valence-electron chi connectivity index (χ1n) is 11.0. The van der Waals surface area contributed by atoms with E-state index < -0.39 is 0 Å². The van der Waals surface area contributed by atoms with Crippen LogP contribution in [0.5, 0.6) is 0 Å². The van der Waals surface area contributed by atoms with Crippen molar-refractivity contribution in [3.8, 4) is 46.1 Å². The summed E-state index contributed by atoms with van der Waals surface area (Å²) in [5.41, 5.74) is 5.49. The van der Waals surface area contributed by atoms with Gasteiger partial charge in [0.15, 0.2) is 0 Å². The van der Waals surface area contributed by atoms with Crippen LogP contribution in [0.2, 0.25) is 0 Å². The molecule has 0 aliphatic carbocycles. The number of fused-ring (bicyclic) bond motifs is 2. The van der Waals surface area contributed by atoms with Crippen molar-refractivity contribution in [2.75, 3.05) is 0 Å². The molecule has 10 heteroatoms. The summed E-state index contributed by atoms with van der Waals surface area (Å²) in [6.45, 7) is 0. The molecule has 10 nitrogen and oxygen atoms in total. The summed E-state index contributed by atoms with van der Waals surface area (Å²) in [6.07, 6.45) is 3.23. The van der Waals surface area contributed by atoms with E-state index in [1.165, 1.54) is 0 Å². The van der Waals surface area contributed by atoms with Gasteiger partial charge in [0.05, 0.1) is 34.5 Å². The summed E-state index contributed by atoms with van der Waals surface area (Å²) in [4.78, 5) is 17.9. The van der Waals surface area contributed by atoms with Crippen molar-refractivity contribution >= 4 is 22.1 Å². The van der Waals surface area contributed by atoms with Crippen molar-refractivity contribution < 1.29 is 8.83 Å². The molecule has 0 unspecified atom stereocenters. The molecule has 7 rings (SSSR count). The Bertz CT molecular complexity index is 1740. The van der Waals surface area contributed by atoms with Crippen molar-refractivity contribution in [1.29, 1.82) is 0 Å². The molecule has 4 heterocycles. The van der Waals surface area contributed by atoms with Gasteiger partial charge in [0, 0.05) is 11.1 Å². The van der Waals surface area contributed by atoms with Crippen molar-refractivity contribution in [2.24, 2.45) is 0 Å². The fourth-order valence-electron chi connectivity index (χ4n) is 3.79. The van der Waals surface area contributed by atoms with Gasteiger partial charge in [0.25, 0.3) is 11.8 Å².